The lowest BCUT2D eigenvalue weighted by Gasteiger charge is -2.01. The smallest absolute Gasteiger partial charge is 0.348 e. The summed E-state index contributed by atoms with van der Waals surface area (Å²) in [6.45, 7) is 1.93. The third kappa shape index (κ3) is 2.51. The van der Waals surface area contributed by atoms with E-state index in [0.717, 1.165) is 22.5 Å². The van der Waals surface area contributed by atoms with Crippen LogP contribution in [0.25, 0.3) is 21.8 Å². The number of aromatic nitrogens is 1. The van der Waals surface area contributed by atoms with Gasteiger partial charge in [-0.3, -0.25) is 0 Å². The second-order valence-corrected chi connectivity index (χ2v) is 5.80. The number of thiazole rings is 1. The highest BCUT2D eigenvalue weighted by Gasteiger charge is 2.22. The van der Waals surface area contributed by atoms with Crippen LogP contribution >= 0.6 is 11.3 Å². The average molecular weight is 313 g/mol. The summed E-state index contributed by atoms with van der Waals surface area (Å²) >= 11 is 1.06. The highest BCUT2D eigenvalue weighted by Crippen LogP contribution is 2.35. The van der Waals surface area contributed by atoms with Crippen LogP contribution in [-0.2, 0) is 0 Å². The van der Waals surface area contributed by atoms with Crippen molar-refractivity contribution in [2.24, 2.45) is 0 Å². The van der Waals surface area contributed by atoms with Crippen LogP contribution < -0.4 is 0 Å². The molecular formula is C17H12FNO2S. The van der Waals surface area contributed by atoms with E-state index >= 15 is 0 Å². The monoisotopic (exact) mass is 313 g/mol. The average Bonchev–Trinajstić information content (AvgIpc) is 2.93. The fourth-order valence-electron chi connectivity index (χ4n) is 2.23. The van der Waals surface area contributed by atoms with Gasteiger partial charge in [-0.25, -0.2) is 14.2 Å². The molecule has 0 amide bonds. The number of carbonyl (C=O) groups is 1. The van der Waals surface area contributed by atoms with Gasteiger partial charge in [0.15, 0.2) is 0 Å². The van der Waals surface area contributed by atoms with E-state index in [1.165, 1.54) is 6.07 Å². The molecule has 1 N–H and O–H groups in total. The van der Waals surface area contributed by atoms with Crippen LogP contribution in [0.3, 0.4) is 0 Å². The van der Waals surface area contributed by atoms with Crippen molar-refractivity contribution >= 4 is 17.3 Å². The van der Waals surface area contributed by atoms with E-state index in [4.69, 9.17) is 0 Å². The second kappa shape index (κ2) is 5.69. The molecule has 1 aromatic heterocycles. The Morgan fingerprint density at radius 2 is 1.73 bits per heavy atom. The SMILES string of the molecule is Cc1ccccc1-c1nc(-c2ccccc2F)c(C(=O)O)s1. The minimum Gasteiger partial charge on any atom is -0.477 e. The molecule has 0 atom stereocenters. The maximum Gasteiger partial charge on any atom is 0.348 e. The summed E-state index contributed by atoms with van der Waals surface area (Å²) in [6, 6.07) is 13.6. The molecule has 0 radical (unpaired) electrons. The molecule has 3 nitrogen and oxygen atoms in total. The quantitative estimate of drug-likeness (QED) is 0.767. The van der Waals surface area contributed by atoms with Gasteiger partial charge in [0.1, 0.15) is 15.7 Å². The third-order valence-corrected chi connectivity index (χ3v) is 4.40. The molecule has 0 aliphatic rings. The van der Waals surface area contributed by atoms with Crippen molar-refractivity contribution in [1.82, 2.24) is 4.98 Å². The van der Waals surface area contributed by atoms with Crippen LogP contribution in [0.1, 0.15) is 15.2 Å². The summed E-state index contributed by atoms with van der Waals surface area (Å²) < 4.78 is 14.0. The largest absolute Gasteiger partial charge is 0.477 e. The molecule has 0 unspecified atom stereocenters. The molecule has 0 saturated heterocycles. The van der Waals surface area contributed by atoms with Gasteiger partial charge in [-0.05, 0) is 24.6 Å². The normalized spacial score (nSPS) is 10.6. The van der Waals surface area contributed by atoms with Crippen molar-refractivity contribution in [3.8, 4) is 21.8 Å². The molecule has 0 spiro atoms. The van der Waals surface area contributed by atoms with E-state index < -0.39 is 11.8 Å². The van der Waals surface area contributed by atoms with E-state index in [1.807, 2.05) is 31.2 Å². The zero-order valence-corrected chi connectivity index (χ0v) is 12.5. The molecule has 0 aliphatic carbocycles. The van der Waals surface area contributed by atoms with Gasteiger partial charge in [-0.2, -0.15) is 0 Å². The number of benzene rings is 2. The van der Waals surface area contributed by atoms with E-state index in [0.29, 0.717) is 5.01 Å². The summed E-state index contributed by atoms with van der Waals surface area (Å²) in [5.74, 6) is -1.58. The molecule has 5 heteroatoms. The van der Waals surface area contributed by atoms with E-state index in [2.05, 4.69) is 4.98 Å². The van der Waals surface area contributed by atoms with Crippen molar-refractivity contribution in [2.75, 3.05) is 0 Å². The highest BCUT2D eigenvalue weighted by molar-refractivity contribution is 7.17. The van der Waals surface area contributed by atoms with Crippen LogP contribution in [0.2, 0.25) is 0 Å². The second-order valence-electron chi connectivity index (χ2n) is 4.80. The van der Waals surface area contributed by atoms with Gasteiger partial charge in [-0.1, -0.05) is 36.4 Å². The van der Waals surface area contributed by atoms with Crippen LogP contribution in [-0.4, -0.2) is 16.1 Å². The zero-order valence-electron chi connectivity index (χ0n) is 11.7. The lowest BCUT2D eigenvalue weighted by molar-refractivity contribution is 0.0702. The predicted molar refractivity (Wildman–Crippen MR) is 84.6 cm³/mol. The first kappa shape index (κ1) is 14.4. The molecule has 0 fully saturated rings. The van der Waals surface area contributed by atoms with Gasteiger partial charge in [0.25, 0.3) is 0 Å². The van der Waals surface area contributed by atoms with Crippen LogP contribution in [0.5, 0.6) is 0 Å². The first-order chi connectivity index (χ1) is 10.6. The summed E-state index contributed by atoms with van der Waals surface area (Å²) in [4.78, 5) is 15.9. The Labute approximate surface area is 130 Å². The molecule has 1 heterocycles. The minimum absolute atomic E-state index is 0.0448. The zero-order chi connectivity index (χ0) is 15.7. The Hall–Kier alpha value is -2.53. The standard InChI is InChI=1S/C17H12FNO2S/c1-10-6-2-3-7-11(10)16-19-14(15(22-16)17(20)21)12-8-4-5-9-13(12)18/h2-9H,1H3,(H,20,21). The summed E-state index contributed by atoms with van der Waals surface area (Å²) in [5, 5.41) is 9.97. The number of hydrogen-bond acceptors (Lipinski definition) is 3. The fourth-order valence-corrected chi connectivity index (χ4v) is 3.24. The van der Waals surface area contributed by atoms with E-state index in [9.17, 15) is 14.3 Å². The van der Waals surface area contributed by atoms with Crippen molar-refractivity contribution in [1.29, 1.82) is 0 Å². The van der Waals surface area contributed by atoms with Crippen molar-refractivity contribution < 1.29 is 14.3 Å². The Morgan fingerprint density at radius 1 is 1.09 bits per heavy atom. The van der Waals surface area contributed by atoms with Gasteiger partial charge in [0.05, 0.1) is 5.69 Å². The summed E-state index contributed by atoms with van der Waals surface area (Å²) in [5.41, 5.74) is 2.23. The predicted octanol–water partition coefficient (Wildman–Crippen LogP) is 4.62. The van der Waals surface area contributed by atoms with Crippen LogP contribution in [0.4, 0.5) is 4.39 Å². The molecule has 22 heavy (non-hydrogen) atoms. The number of halogens is 1. The first-order valence-corrected chi connectivity index (χ1v) is 7.44. The Balaban J connectivity index is 2.22. The van der Waals surface area contributed by atoms with Crippen molar-refractivity contribution in [2.45, 2.75) is 6.92 Å². The molecule has 110 valence electrons. The number of hydrogen-bond donors (Lipinski definition) is 1. The molecule has 3 rings (SSSR count). The number of rotatable bonds is 3. The molecule has 2 aromatic carbocycles. The number of nitrogens with zero attached hydrogens (tertiary/aromatic N) is 1. The number of carboxylic acid groups (broad SMARTS) is 1. The third-order valence-electron chi connectivity index (χ3n) is 3.33. The Morgan fingerprint density at radius 3 is 2.36 bits per heavy atom. The number of aromatic carboxylic acids is 1. The van der Waals surface area contributed by atoms with Gasteiger partial charge >= 0.3 is 5.97 Å². The maximum atomic E-state index is 14.0. The molecular weight excluding hydrogens is 301 g/mol. The van der Waals surface area contributed by atoms with Gasteiger partial charge in [-0.15, -0.1) is 11.3 Å². The number of carboxylic acids is 1. The highest BCUT2D eigenvalue weighted by atomic mass is 32.1. The Kier molecular flexibility index (Phi) is 3.73. The lowest BCUT2D eigenvalue weighted by Crippen LogP contribution is -1.96. The molecule has 0 saturated carbocycles. The maximum absolute atomic E-state index is 14.0. The van der Waals surface area contributed by atoms with Crippen molar-refractivity contribution in [3.05, 3.63) is 64.8 Å². The topological polar surface area (TPSA) is 50.2 Å². The van der Waals surface area contributed by atoms with Crippen LogP contribution in [0.15, 0.2) is 48.5 Å². The lowest BCUT2D eigenvalue weighted by atomic mass is 10.1. The molecule has 0 bridgehead atoms. The summed E-state index contributed by atoms with van der Waals surface area (Å²) in [6.07, 6.45) is 0. The van der Waals surface area contributed by atoms with E-state index in [-0.39, 0.29) is 16.1 Å². The van der Waals surface area contributed by atoms with Crippen molar-refractivity contribution in [3.63, 3.8) is 0 Å². The Bertz CT molecular complexity index is 857. The van der Waals surface area contributed by atoms with Gasteiger partial charge in [0.2, 0.25) is 0 Å². The summed E-state index contributed by atoms with van der Waals surface area (Å²) in [7, 11) is 0. The fraction of sp³-hybridized carbons (Fsp3) is 0.0588. The minimum atomic E-state index is -1.10. The van der Waals surface area contributed by atoms with E-state index in [1.54, 1.807) is 18.2 Å². The van der Waals surface area contributed by atoms with Crippen LogP contribution in [0, 0.1) is 12.7 Å². The van der Waals surface area contributed by atoms with Gasteiger partial charge in [0, 0.05) is 11.1 Å². The van der Waals surface area contributed by atoms with Gasteiger partial charge < -0.3 is 5.11 Å². The first-order valence-electron chi connectivity index (χ1n) is 6.63. The molecule has 0 aliphatic heterocycles. The molecule has 3 aromatic rings. The number of aryl methyl sites for hydroxylation is 1.